The van der Waals surface area contributed by atoms with Crippen LogP contribution in [0.1, 0.15) is 25.2 Å². The molecule has 0 amide bonds. The van der Waals surface area contributed by atoms with Gasteiger partial charge in [-0.3, -0.25) is 0 Å². The Hall–Kier alpha value is -2.05. The fourth-order valence-electron chi connectivity index (χ4n) is 2.58. The van der Waals surface area contributed by atoms with Crippen LogP contribution in [0.4, 0.5) is 13.2 Å². The average molecular weight is 326 g/mol. The van der Waals surface area contributed by atoms with Crippen LogP contribution in [-0.2, 0) is 0 Å². The number of hydrogen-bond donors (Lipinski definition) is 0. The van der Waals surface area contributed by atoms with Gasteiger partial charge < -0.3 is 4.90 Å². The fraction of sp³-hybridized carbons (Fsp3) is 0.500. The van der Waals surface area contributed by atoms with Crippen molar-refractivity contribution in [2.24, 2.45) is 10.9 Å². The van der Waals surface area contributed by atoms with Gasteiger partial charge in [0.25, 0.3) is 0 Å². The van der Waals surface area contributed by atoms with E-state index in [4.69, 9.17) is 0 Å². The van der Waals surface area contributed by atoms with Crippen LogP contribution in [0, 0.1) is 19.8 Å². The first-order valence-corrected chi connectivity index (χ1v) is 7.59. The third kappa shape index (κ3) is 3.65. The second-order valence-electron chi connectivity index (χ2n) is 5.42. The van der Waals surface area contributed by atoms with Crippen molar-refractivity contribution < 1.29 is 13.2 Å². The van der Waals surface area contributed by atoms with E-state index in [1.807, 2.05) is 38.7 Å². The molecule has 1 atom stereocenters. The molecule has 0 aliphatic carbocycles. The van der Waals surface area contributed by atoms with E-state index in [1.54, 1.807) is 0 Å². The highest BCUT2D eigenvalue weighted by atomic mass is 19.4. The lowest BCUT2D eigenvalue weighted by atomic mass is 10.1. The number of alkyl halides is 3. The maximum absolute atomic E-state index is 13.2. The van der Waals surface area contributed by atoms with E-state index < -0.39 is 12.1 Å². The van der Waals surface area contributed by atoms with Gasteiger partial charge in [0, 0.05) is 25.0 Å². The minimum Gasteiger partial charge on any atom is -0.355 e. The van der Waals surface area contributed by atoms with Crippen molar-refractivity contribution in [1.82, 2.24) is 14.7 Å². The molecule has 2 rings (SSSR count). The van der Waals surface area contributed by atoms with Crippen LogP contribution in [0.3, 0.4) is 0 Å². The summed E-state index contributed by atoms with van der Waals surface area (Å²) in [5.41, 5.74) is 1.89. The second kappa shape index (κ2) is 6.60. The van der Waals surface area contributed by atoms with Gasteiger partial charge >= 0.3 is 6.18 Å². The Bertz CT molecular complexity index is 649. The lowest BCUT2D eigenvalue weighted by Crippen LogP contribution is -2.33. The number of aliphatic imine (C=N–C) groups is 1. The molecule has 0 N–H and O–H groups in total. The fourth-order valence-corrected chi connectivity index (χ4v) is 2.58. The Morgan fingerprint density at radius 2 is 1.87 bits per heavy atom. The van der Waals surface area contributed by atoms with Crippen molar-refractivity contribution >= 4 is 11.5 Å². The number of nitrogens with zero attached hydrogens (tertiary/aromatic N) is 4. The minimum atomic E-state index is -4.36. The highest BCUT2D eigenvalue weighted by Crippen LogP contribution is 2.32. The van der Waals surface area contributed by atoms with Gasteiger partial charge in [-0.2, -0.15) is 18.3 Å². The van der Waals surface area contributed by atoms with Crippen LogP contribution < -0.4 is 0 Å². The summed E-state index contributed by atoms with van der Waals surface area (Å²) in [5.74, 6) is -1.18. The Morgan fingerprint density at radius 1 is 1.22 bits per heavy atom. The zero-order valence-electron chi connectivity index (χ0n) is 13.7. The monoisotopic (exact) mass is 326 g/mol. The smallest absolute Gasteiger partial charge is 0.355 e. The number of likely N-dealkylation sites (N-methyl/N-ethyl adjacent to an activating group) is 1. The van der Waals surface area contributed by atoms with Gasteiger partial charge in [0.15, 0.2) is 5.84 Å². The van der Waals surface area contributed by atoms with Crippen molar-refractivity contribution in [2.75, 3.05) is 13.1 Å². The van der Waals surface area contributed by atoms with Gasteiger partial charge in [-0.1, -0.05) is 6.08 Å². The van der Waals surface area contributed by atoms with E-state index in [2.05, 4.69) is 10.1 Å². The minimum absolute atomic E-state index is 0.367. The van der Waals surface area contributed by atoms with Crippen LogP contribution in [0.2, 0.25) is 0 Å². The quantitative estimate of drug-likeness (QED) is 0.847. The molecule has 7 heteroatoms. The maximum Gasteiger partial charge on any atom is 0.398 e. The molecular formula is C16H21F3N4. The first-order chi connectivity index (χ1) is 10.8. The van der Waals surface area contributed by atoms with Crippen LogP contribution in [0.15, 0.2) is 29.4 Å². The molecule has 1 aromatic heterocycles. The van der Waals surface area contributed by atoms with E-state index in [-0.39, 0.29) is 0 Å². The highest BCUT2D eigenvalue weighted by molar-refractivity contribution is 6.17. The van der Waals surface area contributed by atoms with Crippen LogP contribution in [-0.4, -0.2) is 39.8 Å². The average Bonchev–Trinajstić information content (AvgIpc) is 2.68. The van der Waals surface area contributed by atoms with Crippen LogP contribution >= 0.6 is 0 Å². The molecule has 1 aliphatic heterocycles. The van der Waals surface area contributed by atoms with Gasteiger partial charge in [-0.15, -0.1) is 0 Å². The Kier molecular flexibility index (Phi) is 4.97. The third-order valence-corrected chi connectivity index (χ3v) is 3.74. The molecule has 126 valence electrons. The lowest BCUT2D eigenvalue weighted by molar-refractivity contribution is -0.148. The Labute approximate surface area is 134 Å². The number of aromatic nitrogens is 2. The van der Waals surface area contributed by atoms with E-state index in [1.165, 1.54) is 17.0 Å². The van der Waals surface area contributed by atoms with E-state index in [9.17, 15) is 13.2 Å². The van der Waals surface area contributed by atoms with Gasteiger partial charge in [0.1, 0.15) is 5.70 Å². The van der Waals surface area contributed by atoms with Crippen molar-refractivity contribution in [2.45, 2.75) is 33.9 Å². The normalized spacial score (nSPS) is 18.5. The number of hydrogen-bond acceptors (Lipinski definition) is 3. The number of rotatable bonds is 3. The van der Waals surface area contributed by atoms with E-state index in [0.717, 1.165) is 17.5 Å². The summed E-state index contributed by atoms with van der Waals surface area (Å²) >= 11 is 0. The number of halogens is 3. The van der Waals surface area contributed by atoms with Gasteiger partial charge in [0.2, 0.25) is 0 Å². The van der Waals surface area contributed by atoms with Gasteiger partial charge in [-0.25, -0.2) is 9.67 Å². The molecule has 0 spiro atoms. The summed E-state index contributed by atoms with van der Waals surface area (Å²) < 4.78 is 41.2. The first-order valence-electron chi connectivity index (χ1n) is 7.59. The molecule has 0 radical (unpaired) electrons. The molecule has 23 heavy (non-hydrogen) atoms. The molecule has 0 saturated carbocycles. The summed E-state index contributed by atoms with van der Waals surface area (Å²) in [6.07, 6.45) is -0.852. The topological polar surface area (TPSA) is 33.4 Å². The summed E-state index contributed by atoms with van der Waals surface area (Å²) in [5, 5.41) is 4.34. The Balaban J connectivity index is 2.60. The summed E-state index contributed by atoms with van der Waals surface area (Å²) in [7, 11) is 0. The predicted octanol–water partition coefficient (Wildman–Crippen LogP) is 3.79. The summed E-state index contributed by atoms with van der Waals surface area (Å²) in [4.78, 5) is 6.19. The lowest BCUT2D eigenvalue weighted by Gasteiger charge is -2.25. The van der Waals surface area contributed by atoms with Crippen LogP contribution in [0.5, 0.6) is 0 Å². The summed E-state index contributed by atoms with van der Waals surface area (Å²) in [6.45, 7) is 8.82. The number of amidine groups is 1. The molecule has 1 aromatic rings. The van der Waals surface area contributed by atoms with Crippen molar-refractivity contribution in [3.8, 4) is 0 Å². The number of aryl methyl sites for hydroxylation is 2. The molecule has 2 heterocycles. The SMILES string of the molecule is CCN(CC)C1=NC=CC(C(F)(F)F)C=C1n1nc(C)cc1C. The maximum atomic E-state index is 13.2. The predicted molar refractivity (Wildman–Crippen MR) is 85.0 cm³/mol. The highest BCUT2D eigenvalue weighted by Gasteiger charge is 2.38. The third-order valence-electron chi connectivity index (χ3n) is 3.74. The molecule has 1 aliphatic rings. The zero-order chi connectivity index (χ0) is 17.2. The van der Waals surface area contributed by atoms with Crippen molar-refractivity contribution in [3.05, 3.63) is 35.8 Å². The molecule has 0 bridgehead atoms. The second-order valence-corrected chi connectivity index (χ2v) is 5.42. The zero-order valence-corrected chi connectivity index (χ0v) is 13.7. The van der Waals surface area contributed by atoms with Crippen LogP contribution in [0.25, 0.3) is 5.70 Å². The summed E-state index contributed by atoms with van der Waals surface area (Å²) in [6, 6.07) is 1.83. The standard InChI is InChI=1S/C16H21F3N4/c1-5-22(6-2)15-14(23-12(4)9-11(3)21-23)10-13(7-8-20-15)16(17,18)19/h7-10,13H,5-6H2,1-4H3. The first kappa shape index (κ1) is 17.3. The molecule has 0 aromatic carbocycles. The molecule has 0 saturated heterocycles. The van der Waals surface area contributed by atoms with Gasteiger partial charge in [-0.05, 0) is 39.8 Å². The van der Waals surface area contributed by atoms with Gasteiger partial charge in [0.05, 0.1) is 11.6 Å². The van der Waals surface area contributed by atoms with E-state index in [0.29, 0.717) is 24.6 Å². The molecular weight excluding hydrogens is 305 g/mol. The van der Waals surface area contributed by atoms with Crippen molar-refractivity contribution in [1.29, 1.82) is 0 Å². The largest absolute Gasteiger partial charge is 0.398 e. The van der Waals surface area contributed by atoms with Crippen molar-refractivity contribution in [3.63, 3.8) is 0 Å². The molecule has 1 unspecified atom stereocenters. The number of allylic oxidation sites excluding steroid dienone is 2. The molecule has 0 fully saturated rings. The van der Waals surface area contributed by atoms with E-state index >= 15 is 0 Å². The Morgan fingerprint density at radius 3 is 2.35 bits per heavy atom. The molecule has 4 nitrogen and oxygen atoms in total.